The number of aliphatic hydroxyl groups excluding tert-OH is 1. The summed E-state index contributed by atoms with van der Waals surface area (Å²) in [4.78, 5) is 24.0. The van der Waals surface area contributed by atoms with E-state index in [1.165, 1.54) is 128 Å². The van der Waals surface area contributed by atoms with Crippen LogP contribution in [0.1, 0.15) is 206 Å². The van der Waals surface area contributed by atoms with Gasteiger partial charge in [-0.25, -0.2) is 0 Å². The minimum Gasteiger partial charge on any atom is -0.463 e. The van der Waals surface area contributed by atoms with Gasteiger partial charge in [-0.1, -0.05) is 165 Å². The van der Waals surface area contributed by atoms with Gasteiger partial charge >= 0.3 is 11.9 Å². The monoisotopic (exact) mass is 701 g/mol. The zero-order valence-corrected chi connectivity index (χ0v) is 32.9. The van der Waals surface area contributed by atoms with Crippen LogP contribution in [-0.2, 0) is 19.1 Å². The Bertz CT molecular complexity index is 842. The first-order chi connectivity index (χ1) is 24.6. The Labute approximate surface area is 309 Å². The third-order valence-corrected chi connectivity index (χ3v) is 9.04. The number of unbranched alkanes of at least 4 members (excludes halogenated alkanes) is 22. The molecule has 5 nitrogen and oxygen atoms in total. The highest BCUT2D eigenvalue weighted by atomic mass is 16.6. The van der Waals surface area contributed by atoms with Gasteiger partial charge in [0.2, 0.25) is 0 Å². The van der Waals surface area contributed by atoms with Crippen molar-refractivity contribution in [2.45, 2.75) is 213 Å². The van der Waals surface area contributed by atoms with Gasteiger partial charge in [-0.2, -0.15) is 0 Å². The van der Waals surface area contributed by atoms with Crippen LogP contribution in [0.2, 0.25) is 0 Å². The van der Waals surface area contributed by atoms with E-state index in [1.807, 2.05) is 0 Å². The summed E-state index contributed by atoms with van der Waals surface area (Å²) in [7, 11) is 0. The van der Waals surface area contributed by atoms with E-state index in [0.717, 1.165) is 51.4 Å². The van der Waals surface area contributed by atoms with E-state index in [1.54, 1.807) is 0 Å². The molecule has 1 atom stereocenters. The molecule has 5 heteroatoms. The zero-order valence-electron chi connectivity index (χ0n) is 32.9. The first-order valence-corrected chi connectivity index (χ1v) is 21.2. The molecule has 0 aliphatic carbocycles. The van der Waals surface area contributed by atoms with Gasteiger partial charge in [0.05, 0.1) is 0 Å². The molecular formula is C45H80O5. The van der Waals surface area contributed by atoms with Crippen LogP contribution in [0.15, 0.2) is 48.6 Å². The summed E-state index contributed by atoms with van der Waals surface area (Å²) in [6.07, 6.45) is 51.7. The molecule has 0 rings (SSSR count). The third kappa shape index (κ3) is 40.3. The normalized spacial score (nSPS) is 12.6. The number of rotatable bonds is 38. The molecule has 0 saturated carbocycles. The first-order valence-electron chi connectivity index (χ1n) is 21.2. The second-order valence-electron chi connectivity index (χ2n) is 14.1. The summed E-state index contributed by atoms with van der Waals surface area (Å²) in [5.74, 6) is -0.607. The number of allylic oxidation sites excluding steroid dienone is 8. The number of esters is 2. The minimum atomic E-state index is -0.980. The van der Waals surface area contributed by atoms with E-state index in [4.69, 9.17) is 9.47 Å². The van der Waals surface area contributed by atoms with Crippen LogP contribution in [0.5, 0.6) is 0 Å². The quantitative estimate of drug-likeness (QED) is 0.0394. The molecule has 0 spiro atoms. The Morgan fingerprint density at radius 2 is 0.700 bits per heavy atom. The predicted molar refractivity (Wildman–Crippen MR) is 214 cm³/mol. The molecule has 0 fully saturated rings. The number of hydrogen-bond donors (Lipinski definition) is 1. The topological polar surface area (TPSA) is 72.8 Å². The lowest BCUT2D eigenvalue weighted by Gasteiger charge is -2.12. The van der Waals surface area contributed by atoms with Crippen molar-refractivity contribution in [2.24, 2.45) is 0 Å². The van der Waals surface area contributed by atoms with Crippen LogP contribution in [0.25, 0.3) is 0 Å². The smallest absolute Gasteiger partial charge is 0.305 e. The molecule has 0 aliphatic rings. The zero-order chi connectivity index (χ0) is 36.4. The van der Waals surface area contributed by atoms with Crippen LogP contribution in [0, 0.1) is 0 Å². The fourth-order valence-electron chi connectivity index (χ4n) is 5.79. The van der Waals surface area contributed by atoms with Crippen LogP contribution in [0.3, 0.4) is 0 Å². The molecule has 0 aromatic heterocycles. The maximum Gasteiger partial charge on any atom is 0.305 e. The average molecular weight is 701 g/mol. The molecule has 0 aromatic rings. The van der Waals surface area contributed by atoms with Crippen molar-refractivity contribution in [2.75, 3.05) is 13.2 Å². The molecular weight excluding hydrogens is 620 g/mol. The number of carbonyl (C=O) groups is 2. The number of ether oxygens (including phenoxy) is 2. The van der Waals surface area contributed by atoms with Crippen molar-refractivity contribution in [3.8, 4) is 0 Å². The second-order valence-corrected chi connectivity index (χ2v) is 14.1. The fourth-order valence-corrected chi connectivity index (χ4v) is 5.79. The second kappa shape index (κ2) is 41.3. The van der Waals surface area contributed by atoms with Crippen LogP contribution in [0.4, 0.5) is 0 Å². The molecule has 1 N–H and O–H groups in total. The lowest BCUT2D eigenvalue weighted by Crippen LogP contribution is -2.25. The summed E-state index contributed by atoms with van der Waals surface area (Å²) < 4.78 is 10.3. The van der Waals surface area contributed by atoms with Crippen LogP contribution < -0.4 is 0 Å². The van der Waals surface area contributed by atoms with Crippen molar-refractivity contribution in [3.05, 3.63) is 48.6 Å². The average Bonchev–Trinajstić information content (AvgIpc) is 3.12. The largest absolute Gasteiger partial charge is 0.463 e. The molecule has 0 saturated heterocycles. The molecule has 0 amide bonds. The summed E-state index contributed by atoms with van der Waals surface area (Å²) in [6, 6.07) is 0. The molecule has 290 valence electrons. The Morgan fingerprint density at radius 3 is 1.14 bits per heavy atom. The summed E-state index contributed by atoms with van der Waals surface area (Å²) in [6.45, 7) is 4.24. The lowest BCUT2D eigenvalue weighted by molar-refractivity contribution is -0.152. The van der Waals surface area contributed by atoms with Crippen molar-refractivity contribution < 1.29 is 24.2 Å². The number of aliphatic hydroxyl groups is 1. The Morgan fingerprint density at radius 1 is 0.420 bits per heavy atom. The summed E-state index contributed by atoms with van der Waals surface area (Å²) >= 11 is 0. The number of carbonyl (C=O) groups excluding carboxylic acids is 2. The highest BCUT2D eigenvalue weighted by Crippen LogP contribution is 2.14. The third-order valence-electron chi connectivity index (χ3n) is 9.04. The molecule has 0 aromatic carbocycles. The van der Waals surface area contributed by atoms with Gasteiger partial charge in [-0.05, 0) is 77.0 Å². The number of hydrogen-bond acceptors (Lipinski definition) is 5. The van der Waals surface area contributed by atoms with E-state index < -0.39 is 6.10 Å². The van der Waals surface area contributed by atoms with Crippen molar-refractivity contribution >= 4 is 11.9 Å². The molecule has 0 unspecified atom stereocenters. The van der Waals surface area contributed by atoms with Crippen molar-refractivity contribution in [1.29, 1.82) is 0 Å². The Balaban J connectivity index is 3.46. The van der Waals surface area contributed by atoms with E-state index in [0.29, 0.717) is 12.8 Å². The maximum absolute atomic E-state index is 12.0. The van der Waals surface area contributed by atoms with Crippen molar-refractivity contribution in [3.63, 3.8) is 0 Å². The van der Waals surface area contributed by atoms with Gasteiger partial charge in [0.25, 0.3) is 0 Å². The van der Waals surface area contributed by atoms with Gasteiger partial charge < -0.3 is 14.6 Å². The molecule has 50 heavy (non-hydrogen) atoms. The van der Waals surface area contributed by atoms with Gasteiger partial charge in [-0.15, -0.1) is 0 Å². The van der Waals surface area contributed by atoms with E-state index in [2.05, 4.69) is 62.5 Å². The molecule has 0 heterocycles. The molecule has 0 bridgehead atoms. The van der Waals surface area contributed by atoms with Gasteiger partial charge in [0.1, 0.15) is 19.3 Å². The lowest BCUT2D eigenvalue weighted by atomic mass is 10.0. The summed E-state index contributed by atoms with van der Waals surface area (Å²) in [5.41, 5.74) is 0. The Hall–Kier alpha value is -2.14. The van der Waals surface area contributed by atoms with Crippen molar-refractivity contribution in [1.82, 2.24) is 0 Å². The molecule has 0 aliphatic heterocycles. The minimum absolute atomic E-state index is 0.128. The van der Waals surface area contributed by atoms with Gasteiger partial charge in [-0.3, -0.25) is 9.59 Å². The highest BCUT2D eigenvalue weighted by Gasteiger charge is 2.12. The highest BCUT2D eigenvalue weighted by molar-refractivity contribution is 5.69. The van der Waals surface area contributed by atoms with E-state index in [9.17, 15) is 14.7 Å². The predicted octanol–water partition coefficient (Wildman–Crippen LogP) is 13.4. The van der Waals surface area contributed by atoms with E-state index >= 15 is 0 Å². The van der Waals surface area contributed by atoms with Gasteiger partial charge in [0, 0.05) is 12.8 Å². The Kier molecular flexibility index (Phi) is 39.5. The first kappa shape index (κ1) is 47.9. The maximum atomic E-state index is 12.0. The SMILES string of the molecule is CCCCC/C=C\C/C=C\C/C=C\CCCCC(=O)OC[C@H](O)COC(=O)CCCCCCCCCCCCC/C=C\CCCCCCCC. The van der Waals surface area contributed by atoms with Crippen LogP contribution in [-0.4, -0.2) is 36.4 Å². The van der Waals surface area contributed by atoms with Gasteiger partial charge in [0.15, 0.2) is 0 Å². The van der Waals surface area contributed by atoms with Crippen LogP contribution >= 0.6 is 0 Å². The fraction of sp³-hybridized carbons (Fsp3) is 0.778. The summed E-state index contributed by atoms with van der Waals surface area (Å²) in [5, 5.41) is 10.0. The standard InChI is InChI=1S/C45H80O5/c1-3-5-7-9-11-13-15-17-19-20-21-22-23-24-26-28-30-32-34-36-38-40-45(48)50-42-43(46)41-49-44(47)39-37-35-33-31-29-27-25-18-16-14-12-10-8-6-4-2/h12,14,17-19,25,29,31,43,46H,3-11,13,15-16,20-24,26-28,30,32-42H2,1-2H3/b14-12-,19-17-,25-18-,31-29-/t43-/m0/s1. The molecule has 0 radical (unpaired) electrons. The van der Waals surface area contributed by atoms with E-state index in [-0.39, 0.29) is 25.2 Å².